The molecule has 3 aromatic rings. The van der Waals surface area contributed by atoms with E-state index in [1.54, 1.807) is 12.3 Å². The van der Waals surface area contributed by atoms with Gasteiger partial charge < -0.3 is 9.13 Å². The number of ketones is 1. The molecule has 0 radical (unpaired) electrons. The lowest BCUT2D eigenvalue weighted by Crippen LogP contribution is -2.07. The number of carbonyl (C=O) groups excluding carboxylic acids is 1. The minimum atomic E-state index is -0.291. The van der Waals surface area contributed by atoms with Gasteiger partial charge in [-0.05, 0) is 44.5 Å². The Hall–Kier alpha value is -2.34. The van der Waals surface area contributed by atoms with Gasteiger partial charge in [0.25, 0.3) is 0 Å². The molecule has 6 heteroatoms. The van der Waals surface area contributed by atoms with Gasteiger partial charge in [0, 0.05) is 41.6 Å². The molecule has 0 unspecified atom stereocenters. The third kappa shape index (κ3) is 3.75. The topological polar surface area (TPSA) is 39.8 Å². The molecule has 0 aliphatic carbocycles. The van der Waals surface area contributed by atoms with Crippen LogP contribution in [0.15, 0.2) is 47.9 Å². The number of rotatable bonds is 7. The van der Waals surface area contributed by atoms with E-state index in [0.717, 1.165) is 35.2 Å². The number of imidazole rings is 1. The Balaban J connectivity index is 1.80. The highest BCUT2D eigenvalue weighted by Gasteiger charge is 2.18. The smallest absolute Gasteiger partial charge is 0.175 e. The number of benzene rings is 1. The van der Waals surface area contributed by atoms with Crippen LogP contribution in [-0.2, 0) is 6.54 Å². The third-order valence-electron chi connectivity index (χ3n) is 4.27. The summed E-state index contributed by atoms with van der Waals surface area (Å²) in [7, 11) is 0. The summed E-state index contributed by atoms with van der Waals surface area (Å²) >= 11 is 1.45. The second-order valence-electron chi connectivity index (χ2n) is 6.22. The summed E-state index contributed by atoms with van der Waals surface area (Å²) in [6.45, 7) is 6.83. The van der Waals surface area contributed by atoms with Crippen molar-refractivity contribution in [2.45, 2.75) is 38.9 Å². The van der Waals surface area contributed by atoms with E-state index in [1.165, 1.54) is 23.9 Å². The van der Waals surface area contributed by atoms with Crippen molar-refractivity contribution in [1.29, 1.82) is 0 Å². The van der Waals surface area contributed by atoms with Crippen molar-refractivity contribution in [3.05, 3.63) is 65.5 Å². The summed E-state index contributed by atoms with van der Waals surface area (Å²) < 4.78 is 17.5. The van der Waals surface area contributed by atoms with Crippen LogP contribution in [0.5, 0.6) is 0 Å². The second-order valence-corrected chi connectivity index (χ2v) is 7.16. The molecular formula is C20H22FN3OS. The standard InChI is InChI=1S/C20H22FN3OS/c1-4-9-23-10-8-22-20(23)26-13-19(25)18-11-14(2)24(15(18)3)17-7-5-6-16(21)12-17/h5-8,10-12H,4,9,13H2,1-3H3. The van der Waals surface area contributed by atoms with Crippen molar-refractivity contribution in [1.82, 2.24) is 14.1 Å². The maximum Gasteiger partial charge on any atom is 0.175 e. The molecule has 0 amide bonds. The van der Waals surface area contributed by atoms with Crippen molar-refractivity contribution in [2.24, 2.45) is 0 Å². The van der Waals surface area contributed by atoms with Crippen LogP contribution in [0.2, 0.25) is 0 Å². The molecular weight excluding hydrogens is 349 g/mol. The van der Waals surface area contributed by atoms with E-state index >= 15 is 0 Å². The van der Waals surface area contributed by atoms with Crippen molar-refractivity contribution in [3.63, 3.8) is 0 Å². The molecule has 0 atom stereocenters. The highest BCUT2D eigenvalue weighted by molar-refractivity contribution is 7.99. The number of halogens is 1. The van der Waals surface area contributed by atoms with Crippen LogP contribution in [0, 0.1) is 19.7 Å². The average Bonchev–Trinajstić information content (AvgIpc) is 3.17. The van der Waals surface area contributed by atoms with Crippen LogP contribution in [0.25, 0.3) is 5.69 Å². The first kappa shape index (κ1) is 18.5. The van der Waals surface area contributed by atoms with Crippen LogP contribution in [-0.4, -0.2) is 25.7 Å². The SMILES string of the molecule is CCCn1ccnc1SCC(=O)c1cc(C)n(-c2cccc(F)c2)c1C. The third-order valence-corrected chi connectivity index (χ3v) is 5.28. The summed E-state index contributed by atoms with van der Waals surface area (Å²) in [6, 6.07) is 8.28. The van der Waals surface area contributed by atoms with Crippen molar-refractivity contribution in [2.75, 3.05) is 5.75 Å². The summed E-state index contributed by atoms with van der Waals surface area (Å²) in [5.41, 5.74) is 3.14. The van der Waals surface area contributed by atoms with Crippen LogP contribution in [0.1, 0.15) is 35.1 Å². The van der Waals surface area contributed by atoms with Crippen LogP contribution in [0.3, 0.4) is 0 Å². The van der Waals surface area contributed by atoms with Gasteiger partial charge in [-0.3, -0.25) is 4.79 Å². The minimum absolute atomic E-state index is 0.0526. The lowest BCUT2D eigenvalue weighted by Gasteiger charge is -2.10. The quantitative estimate of drug-likeness (QED) is 0.442. The molecule has 4 nitrogen and oxygen atoms in total. The molecule has 3 rings (SSSR count). The fourth-order valence-corrected chi connectivity index (χ4v) is 3.98. The van der Waals surface area contributed by atoms with Gasteiger partial charge in [-0.15, -0.1) is 0 Å². The molecule has 0 N–H and O–H groups in total. The Labute approximate surface area is 157 Å². The van der Waals surface area contributed by atoms with Gasteiger partial charge >= 0.3 is 0 Å². The van der Waals surface area contributed by atoms with Crippen LogP contribution < -0.4 is 0 Å². The molecule has 1 aromatic carbocycles. The Bertz CT molecular complexity index is 929. The number of carbonyl (C=O) groups is 1. The number of hydrogen-bond acceptors (Lipinski definition) is 3. The molecule has 0 saturated heterocycles. The van der Waals surface area contributed by atoms with Crippen LogP contribution in [0.4, 0.5) is 4.39 Å². The first-order valence-corrected chi connectivity index (χ1v) is 9.61. The molecule has 0 aliphatic rings. The average molecular weight is 371 g/mol. The second kappa shape index (κ2) is 7.91. The predicted octanol–water partition coefficient (Wildman–Crippen LogP) is 4.81. The predicted molar refractivity (Wildman–Crippen MR) is 103 cm³/mol. The lowest BCUT2D eigenvalue weighted by molar-refractivity contribution is 0.102. The highest BCUT2D eigenvalue weighted by Crippen LogP contribution is 2.24. The molecule has 2 aromatic heterocycles. The van der Waals surface area contributed by atoms with Gasteiger partial charge in [0.2, 0.25) is 0 Å². The summed E-state index contributed by atoms with van der Waals surface area (Å²) in [5.74, 6) is 0.0896. The molecule has 0 bridgehead atoms. The molecule has 0 saturated carbocycles. The number of Topliss-reactive ketones (excluding diaryl/α,β-unsaturated/α-hetero) is 1. The zero-order chi connectivity index (χ0) is 18.7. The van der Waals surface area contributed by atoms with Crippen molar-refractivity contribution in [3.8, 4) is 5.69 Å². The van der Waals surface area contributed by atoms with Gasteiger partial charge in [-0.25, -0.2) is 9.37 Å². The maximum absolute atomic E-state index is 13.6. The van der Waals surface area contributed by atoms with Crippen molar-refractivity contribution < 1.29 is 9.18 Å². The summed E-state index contributed by atoms with van der Waals surface area (Å²) in [5, 5.41) is 0.860. The van der Waals surface area contributed by atoms with E-state index in [-0.39, 0.29) is 11.6 Å². The minimum Gasteiger partial charge on any atom is -0.326 e. The molecule has 26 heavy (non-hydrogen) atoms. The van der Waals surface area contributed by atoms with Gasteiger partial charge in [0.1, 0.15) is 5.82 Å². The molecule has 0 fully saturated rings. The maximum atomic E-state index is 13.6. The number of aryl methyl sites for hydroxylation is 2. The van der Waals surface area contributed by atoms with Crippen molar-refractivity contribution >= 4 is 17.5 Å². The molecule has 0 aliphatic heterocycles. The van der Waals surface area contributed by atoms with Gasteiger partial charge in [-0.2, -0.15) is 0 Å². The summed E-state index contributed by atoms with van der Waals surface area (Å²) in [4.78, 5) is 17.1. The highest BCUT2D eigenvalue weighted by atomic mass is 32.2. The number of nitrogens with zero attached hydrogens (tertiary/aromatic N) is 3. The van der Waals surface area contributed by atoms with E-state index in [0.29, 0.717) is 11.3 Å². The lowest BCUT2D eigenvalue weighted by atomic mass is 10.2. The largest absolute Gasteiger partial charge is 0.326 e. The van der Waals surface area contributed by atoms with E-state index in [1.807, 2.05) is 36.7 Å². The van der Waals surface area contributed by atoms with E-state index in [4.69, 9.17) is 0 Å². The zero-order valence-corrected chi connectivity index (χ0v) is 16.0. The Morgan fingerprint density at radius 1 is 1.27 bits per heavy atom. The first-order valence-electron chi connectivity index (χ1n) is 8.63. The monoisotopic (exact) mass is 371 g/mol. The molecule has 136 valence electrons. The molecule has 2 heterocycles. The number of hydrogen-bond donors (Lipinski definition) is 0. The fraction of sp³-hybridized carbons (Fsp3) is 0.300. The van der Waals surface area contributed by atoms with E-state index in [9.17, 15) is 9.18 Å². The number of aromatic nitrogens is 3. The Morgan fingerprint density at radius 2 is 2.08 bits per heavy atom. The Morgan fingerprint density at radius 3 is 2.81 bits per heavy atom. The Kier molecular flexibility index (Phi) is 5.61. The first-order chi connectivity index (χ1) is 12.5. The molecule has 0 spiro atoms. The van der Waals surface area contributed by atoms with Gasteiger partial charge in [0.15, 0.2) is 10.9 Å². The van der Waals surface area contributed by atoms with Gasteiger partial charge in [0.05, 0.1) is 5.75 Å². The summed E-state index contributed by atoms with van der Waals surface area (Å²) in [6.07, 6.45) is 4.72. The number of thioether (sulfide) groups is 1. The fourth-order valence-electron chi connectivity index (χ4n) is 3.11. The van der Waals surface area contributed by atoms with E-state index in [2.05, 4.69) is 16.5 Å². The zero-order valence-electron chi connectivity index (χ0n) is 15.2. The normalized spacial score (nSPS) is 11.1. The van der Waals surface area contributed by atoms with Gasteiger partial charge in [-0.1, -0.05) is 24.8 Å². The van der Waals surface area contributed by atoms with Crippen LogP contribution >= 0.6 is 11.8 Å². The van der Waals surface area contributed by atoms with E-state index < -0.39 is 0 Å².